The van der Waals surface area contributed by atoms with E-state index in [1.165, 1.54) is 6.07 Å². The van der Waals surface area contributed by atoms with Crippen LogP contribution in [0.5, 0.6) is 11.5 Å². The number of nitro benzene ring substituents is 1. The molecule has 0 radical (unpaired) electrons. The SMILES string of the molecule is O=[N+]([O-])c1cc2c(cc1CNC1CCC(O)CC1)OCO2. The lowest BCUT2D eigenvalue weighted by Crippen LogP contribution is -2.34. The number of fused-ring (bicyclic) bond motifs is 1. The molecule has 1 saturated carbocycles. The van der Waals surface area contributed by atoms with E-state index in [-0.39, 0.29) is 18.6 Å². The third-order valence-corrected chi connectivity index (χ3v) is 4.05. The number of nitrogens with one attached hydrogen (secondary N) is 1. The topological polar surface area (TPSA) is 93.9 Å². The first-order valence-corrected chi connectivity index (χ1v) is 7.12. The van der Waals surface area contributed by atoms with Crippen LogP contribution in [0.15, 0.2) is 12.1 Å². The minimum absolute atomic E-state index is 0.0441. The van der Waals surface area contributed by atoms with Crippen molar-refractivity contribution >= 4 is 5.69 Å². The molecule has 7 nitrogen and oxygen atoms in total. The summed E-state index contributed by atoms with van der Waals surface area (Å²) in [7, 11) is 0. The molecular weight excluding hydrogens is 276 g/mol. The molecule has 1 aliphatic heterocycles. The van der Waals surface area contributed by atoms with Crippen LogP contribution in [0.25, 0.3) is 0 Å². The summed E-state index contributed by atoms with van der Waals surface area (Å²) in [5.74, 6) is 0.975. The first-order valence-electron chi connectivity index (χ1n) is 7.12. The van der Waals surface area contributed by atoms with Gasteiger partial charge in [-0.25, -0.2) is 0 Å². The standard InChI is InChI=1S/C14H18N2O5/c17-11-3-1-10(2-4-11)15-7-9-5-13-14(21-8-20-13)6-12(9)16(18)19/h5-6,10-11,15,17H,1-4,7-8H2. The van der Waals surface area contributed by atoms with Gasteiger partial charge < -0.3 is 19.9 Å². The number of nitrogens with zero attached hydrogens (tertiary/aromatic N) is 1. The van der Waals surface area contributed by atoms with E-state index in [2.05, 4.69) is 5.32 Å². The summed E-state index contributed by atoms with van der Waals surface area (Å²) in [6, 6.07) is 3.38. The molecule has 0 atom stereocenters. The second kappa shape index (κ2) is 5.87. The summed E-state index contributed by atoms with van der Waals surface area (Å²) in [5, 5.41) is 24.0. The molecule has 21 heavy (non-hydrogen) atoms. The largest absolute Gasteiger partial charge is 0.454 e. The molecule has 7 heteroatoms. The van der Waals surface area contributed by atoms with Crippen LogP contribution >= 0.6 is 0 Å². The summed E-state index contributed by atoms with van der Waals surface area (Å²) in [4.78, 5) is 10.8. The van der Waals surface area contributed by atoms with Gasteiger partial charge in [-0.15, -0.1) is 0 Å². The number of aliphatic hydroxyl groups is 1. The molecule has 1 heterocycles. The van der Waals surface area contributed by atoms with Crippen LogP contribution in [0, 0.1) is 10.1 Å². The zero-order chi connectivity index (χ0) is 14.8. The monoisotopic (exact) mass is 294 g/mol. The van der Waals surface area contributed by atoms with Crippen LogP contribution in [-0.4, -0.2) is 29.0 Å². The average molecular weight is 294 g/mol. The van der Waals surface area contributed by atoms with Crippen LogP contribution < -0.4 is 14.8 Å². The van der Waals surface area contributed by atoms with Crippen LogP contribution in [0.2, 0.25) is 0 Å². The van der Waals surface area contributed by atoms with E-state index in [1.54, 1.807) is 6.07 Å². The molecule has 1 aromatic rings. The maximum absolute atomic E-state index is 11.2. The minimum Gasteiger partial charge on any atom is -0.454 e. The summed E-state index contributed by atoms with van der Waals surface area (Å²) < 4.78 is 10.4. The summed E-state index contributed by atoms with van der Waals surface area (Å²) in [5.41, 5.74) is 0.637. The Hall–Kier alpha value is -1.86. The predicted molar refractivity (Wildman–Crippen MR) is 74.3 cm³/mol. The van der Waals surface area contributed by atoms with Crippen molar-refractivity contribution in [1.29, 1.82) is 0 Å². The molecule has 0 bridgehead atoms. The van der Waals surface area contributed by atoms with Gasteiger partial charge >= 0.3 is 0 Å². The molecule has 0 aromatic heterocycles. The van der Waals surface area contributed by atoms with Crippen molar-refractivity contribution in [3.63, 3.8) is 0 Å². The second-order valence-electron chi connectivity index (χ2n) is 5.48. The number of hydrogen-bond acceptors (Lipinski definition) is 6. The minimum atomic E-state index is -0.399. The van der Waals surface area contributed by atoms with Crippen LogP contribution in [0.4, 0.5) is 5.69 Å². The van der Waals surface area contributed by atoms with Crippen molar-refractivity contribution in [3.8, 4) is 11.5 Å². The summed E-state index contributed by atoms with van der Waals surface area (Å²) in [6.45, 7) is 0.512. The van der Waals surface area contributed by atoms with Gasteiger partial charge in [0.2, 0.25) is 6.79 Å². The van der Waals surface area contributed by atoms with Gasteiger partial charge in [0.05, 0.1) is 17.1 Å². The van der Waals surface area contributed by atoms with Crippen molar-refractivity contribution < 1.29 is 19.5 Å². The Morgan fingerprint density at radius 2 is 1.90 bits per heavy atom. The zero-order valence-corrected chi connectivity index (χ0v) is 11.6. The molecule has 114 valence electrons. The van der Waals surface area contributed by atoms with Gasteiger partial charge in [0.25, 0.3) is 5.69 Å². The van der Waals surface area contributed by atoms with Crippen molar-refractivity contribution in [1.82, 2.24) is 5.32 Å². The first-order chi connectivity index (χ1) is 10.1. The highest BCUT2D eigenvalue weighted by atomic mass is 16.7. The first kappa shape index (κ1) is 14.1. The van der Waals surface area contributed by atoms with Crippen LogP contribution in [-0.2, 0) is 6.54 Å². The smallest absolute Gasteiger partial charge is 0.277 e. The fourth-order valence-corrected chi connectivity index (χ4v) is 2.82. The molecule has 0 amide bonds. The predicted octanol–water partition coefficient (Wildman–Crippen LogP) is 1.72. The number of ether oxygens (including phenoxy) is 2. The molecule has 3 rings (SSSR count). The van der Waals surface area contributed by atoms with E-state index in [0.717, 1.165) is 25.7 Å². The maximum atomic E-state index is 11.2. The molecule has 0 spiro atoms. The van der Waals surface area contributed by atoms with Gasteiger partial charge in [-0.2, -0.15) is 0 Å². The number of benzene rings is 1. The molecular formula is C14H18N2O5. The molecule has 0 saturated heterocycles. The fourth-order valence-electron chi connectivity index (χ4n) is 2.82. The summed E-state index contributed by atoms with van der Waals surface area (Å²) >= 11 is 0. The van der Waals surface area contributed by atoms with Gasteiger partial charge in [0, 0.05) is 18.2 Å². The third kappa shape index (κ3) is 3.08. The van der Waals surface area contributed by atoms with E-state index >= 15 is 0 Å². The fraction of sp³-hybridized carbons (Fsp3) is 0.571. The normalized spacial score (nSPS) is 24.0. The molecule has 1 fully saturated rings. The Morgan fingerprint density at radius 1 is 1.24 bits per heavy atom. The summed E-state index contributed by atoms with van der Waals surface area (Å²) in [6.07, 6.45) is 3.13. The lowest BCUT2D eigenvalue weighted by Gasteiger charge is -2.26. The average Bonchev–Trinajstić information content (AvgIpc) is 2.92. The molecule has 2 N–H and O–H groups in total. The number of hydrogen-bond donors (Lipinski definition) is 2. The zero-order valence-electron chi connectivity index (χ0n) is 11.6. The van der Waals surface area contributed by atoms with Crippen molar-refractivity contribution in [2.45, 2.75) is 44.4 Å². The van der Waals surface area contributed by atoms with Crippen LogP contribution in [0.1, 0.15) is 31.2 Å². The highest BCUT2D eigenvalue weighted by molar-refractivity contribution is 5.55. The van der Waals surface area contributed by atoms with Gasteiger partial charge in [0.1, 0.15) is 0 Å². The highest BCUT2D eigenvalue weighted by Gasteiger charge is 2.24. The van der Waals surface area contributed by atoms with E-state index < -0.39 is 4.92 Å². The number of aliphatic hydroxyl groups excluding tert-OH is 1. The lowest BCUT2D eigenvalue weighted by molar-refractivity contribution is -0.385. The molecule has 1 aliphatic carbocycles. The van der Waals surface area contributed by atoms with E-state index in [9.17, 15) is 15.2 Å². The van der Waals surface area contributed by atoms with Crippen molar-refractivity contribution in [3.05, 3.63) is 27.8 Å². The Morgan fingerprint density at radius 3 is 2.57 bits per heavy atom. The second-order valence-corrected chi connectivity index (χ2v) is 5.48. The van der Waals surface area contributed by atoms with E-state index in [0.29, 0.717) is 29.6 Å². The Balaban J connectivity index is 1.71. The van der Waals surface area contributed by atoms with Gasteiger partial charge in [-0.1, -0.05) is 0 Å². The van der Waals surface area contributed by atoms with Crippen molar-refractivity contribution in [2.24, 2.45) is 0 Å². The Bertz CT molecular complexity index is 540. The quantitative estimate of drug-likeness (QED) is 0.648. The van der Waals surface area contributed by atoms with E-state index in [4.69, 9.17) is 9.47 Å². The highest BCUT2D eigenvalue weighted by Crippen LogP contribution is 2.38. The van der Waals surface area contributed by atoms with Gasteiger partial charge in [-0.3, -0.25) is 10.1 Å². The number of rotatable bonds is 4. The van der Waals surface area contributed by atoms with E-state index in [1.807, 2.05) is 0 Å². The Labute approximate surface area is 122 Å². The van der Waals surface area contributed by atoms with Gasteiger partial charge in [0.15, 0.2) is 11.5 Å². The lowest BCUT2D eigenvalue weighted by atomic mass is 9.93. The molecule has 0 unspecified atom stereocenters. The number of nitro groups is 1. The maximum Gasteiger partial charge on any atom is 0.277 e. The molecule has 2 aliphatic rings. The Kier molecular flexibility index (Phi) is 3.94. The van der Waals surface area contributed by atoms with Crippen LogP contribution in [0.3, 0.4) is 0 Å². The molecule has 1 aromatic carbocycles. The van der Waals surface area contributed by atoms with Crippen molar-refractivity contribution in [2.75, 3.05) is 6.79 Å². The van der Waals surface area contributed by atoms with Gasteiger partial charge in [-0.05, 0) is 31.7 Å². The third-order valence-electron chi connectivity index (χ3n) is 4.05.